The van der Waals surface area contributed by atoms with Crippen LogP contribution in [0, 0.1) is 6.92 Å². The summed E-state index contributed by atoms with van der Waals surface area (Å²) in [5, 5.41) is 2.85. The van der Waals surface area contributed by atoms with Crippen LogP contribution >= 0.6 is 12.4 Å². The van der Waals surface area contributed by atoms with Gasteiger partial charge in [-0.1, -0.05) is 12.1 Å². The second-order valence-electron chi connectivity index (χ2n) is 5.64. The van der Waals surface area contributed by atoms with Crippen LogP contribution in [0.4, 0.5) is 0 Å². The molecular weight excluding hydrogens is 276 g/mol. The molecule has 0 radical (unpaired) electrons. The van der Waals surface area contributed by atoms with Gasteiger partial charge in [0.1, 0.15) is 11.4 Å². The van der Waals surface area contributed by atoms with Crippen molar-refractivity contribution in [2.45, 2.75) is 46.3 Å². The van der Waals surface area contributed by atoms with Gasteiger partial charge in [0.05, 0.1) is 0 Å². The largest absolute Gasteiger partial charge is 0.488 e. The van der Waals surface area contributed by atoms with Crippen LogP contribution in [0.15, 0.2) is 18.2 Å². The van der Waals surface area contributed by atoms with Gasteiger partial charge in [-0.25, -0.2) is 0 Å². The highest BCUT2D eigenvalue weighted by Crippen LogP contribution is 2.24. The monoisotopic (exact) mass is 300 g/mol. The van der Waals surface area contributed by atoms with Crippen molar-refractivity contribution in [1.29, 1.82) is 0 Å². The zero-order valence-electron chi connectivity index (χ0n) is 12.7. The van der Waals surface area contributed by atoms with Gasteiger partial charge in [0.2, 0.25) is 5.91 Å². The topological polar surface area (TPSA) is 64.4 Å². The van der Waals surface area contributed by atoms with Crippen molar-refractivity contribution in [3.8, 4) is 5.75 Å². The molecule has 0 unspecified atom stereocenters. The number of carbonyl (C=O) groups is 1. The van der Waals surface area contributed by atoms with Gasteiger partial charge in [0.15, 0.2) is 0 Å². The lowest BCUT2D eigenvalue weighted by molar-refractivity contribution is -0.121. The first-order valence-electron chi connectivity index (χ1n) is 6.57. The van der Waals surface area contributed by atoms with Crippen molar-refractivity contribution in [2.24, 2.45) is 5.73 Å². The number of amides is 1. The minimum atomic E-state index is -0.260. The Labute approximate surface area is 127 Å². The Bertz CT molecular complexity index is 442. The van der Waals surface area contributed by atoms with Crippen molar-refractivity contribution < 1.29 is 9.53 Å². The molecule has 0 fully saturated rings. The average molecular weight is 301 g/mol. The summed E-state index contributed by atoms with van der Waals surface area (Å²) in [6.07, 6.45) is 0.349. The molecule has 4 nitrogen and oxygen atoms in total. The molecule has 1 amide bonds. The van der Waals surface area contributed by atoms with Crippen LogP contribution in [0.1, 0.15) is 38.3 Å². The number of nitrogens with one attached hydrogen (secondary N) is 1. The molecule has 0 saturated carbocycles. The van der Waals surface area contributed by atoms with Gasteiger partial charge in [-0.15, -0.1) is 12.4 Å². The summed E-state index contributed by atoms with van der Waals surface area (Å²) in [6.45, 7) is 8.87. The van der Waals surface area contributed by atoms with E-state index in [-0.39, 0.29) is 23.9 Å². The van der Waals surface area contributed by atoms with E-state index in [2.05, 4.69) is 5.32 Å². The highest BCUT2D eigenvalue weighted by molar-refractivity contribution is 5.85. The summed E-state index contributed by atoms with van der Waals surface area (Å²) in [5.41, 5.74) is 7.20. The van der Waals surface area contributed by atoms with E-state index in [4.69, 9.17) is 10.5 Å². The third-order valence-corrected chi connectivity index (χ3v) is 2.49. The summed E-state index contributed by atoms with van der Waals surface area (Å²) in [5.74, 6) is 0.783. The number of nitrogens with two attached hydrogens (primary N) is 1. The van der Waals surface area contributed by atoms with Crippen molar-refractivity contribution in [3.63, 3.8) is 0 Å². The SMILES string of the molecule is Cc1ccc(CNC(=O)CCN)c(OC(C)(C)C)c1.Cl. The van der Waals surface area contributed by atoms with Crippen LogP contribution in [0.3, 0.4) is 0 Å². The van der Waals surface area contributed by atoms with Crippen LogP contribution in [0.2, 0.25) is 0 Å². The molecule has 114 valence electrons. The average Bonchev–Trinajstić information content (AvgIpc) is 2.26. The Morgan fingerprint density at radius 1 is 1.35 bits per heavy atom. The first kappa shape index (κ1) is 18.7. The number of hydrogen-bond acceptors (Lipinski definition) is 3. The summed E-state index contributed by atoms with van der Waals surface area (Å²) in [7, 11) is 0. The van der Waals surface area contributed by atoms with Gasteiger partial charge in [0, 0.05) is 25.1 Å². The Kier molecular flexibility index (Phi) is 7.61. The molecule has 0 aliphatic heterocycles. The molecular formula is C15H25ClN2O2. The maximum Gasteiger partial charge on any atom is 0.221 e. The van der Waals surface area contributed by atoms with Gasteiger partial charge in [-0.2, -0.15) is 0 Å². The highest BCUT2D eigenvalue weighted by Gasteiger charge is 2.15. The summed E-state index contributed by atoms with van der Waals surface area (Å²) in [6, 6.07) is 5.99. The lowest BCUT2D eigenvalue weighted by Crippen LogP contribution is -2.27. The Hall–Kier alpha value is -1.26. The molecule has 0 atom stereocenters. The predicted octanol–water partition coefficient (Wildman–Crippen LogP) is 2.56. The number of ether oxygens (including phenoxy) is 1. The van der Waals surface area contributed by atoms with E-state index in [0.717, 1.165) is 16.9 Å². The molecule has 0 aromatic heterocycles. The van der Waals surface area contributed by atoms with Crippen LogP contribution in [0.5, 0.6) is 5.75 Å². The minimum absolute atomic E-state index is 0. The van der Waals surface area contributed by atoms with E-state index in [0.29, 0.717) is 19.5 Å². The number of aryl methyl sites for hydroxylation is 1. The fourth-order valence-corrected chi connectivity index (χ4v) is 1.65. The van der Waals surface area contributed by atoms with E-state index in [1.165, 1.54) is 0 Å². The Morgan fingerprint density at radius 2 is 2.00 bits per heavy atom. The summed E-state index contributed by atoms with van der Waals surface area (Å²) >= 11 is 0. The fraction of sp³-hybridized carbons (Fsp3) is 0.533. The minimum Gasteiger partial charge on any atom is -0.488 e. The normalized spacial score (nSPS) is 10.7. The third kappa shape index (κ3) is 6.78. The van der Waals surface area contributed by atoms with Crippen LogP contribution in [-0.2, 0) is 11.3 Å². The van der Waals surface area contributed by atoms with Crippen LogP contribution in [0.25, 0.3) is 0 Å². The van der Waals surface area contributed by atoms with E-state index in [1.807, 2.05) is 45.9 Å². The molecule has 1 rings (SSSR count). The molecule has 1 aromatic rings. The van der Waals surface area contributed by atoms with Gasteiger partial charge < -0.3 is 15.8 Å². The molecule has 0 aliphatic rings. The van der Waals surface area contributed by atoms with E-state index in [9.17, 15) is 4.79 Å². The van der Waals surface area contributed by atoms with Gasteiger partial charge >= 0.3 is 0 Å². The number of benzene rings is 1. The van der Waals surface area contributed by atoms with Crippen LogP contribution < -0.4 is 15.8 Å². The molecule has 20 heavy (non-hydrogen) atoms. The van der Waals surface area contributed by atoms with Gasteiger partial charge in [-0.3, -0.25) is 4.79 Å². The van der Waals surface area contributed by atoms with E-state index in [1.54, 1.807) is 0 Å². The number of carbonyl (C=O) groups excluding carboxylic acids is 1. The molecule has 0 heterocycles. The molecule has 0 spiro atoms. The maximum atomic E-state index is 11.4. The van der Waals surface area contributed by atoms with Crippen molar-refractivity contribution >= 4 is 18.3 Å². The zero-order chi connectivity index (χ0) is 14.5. The summed E-state index contributed by atoms with van der Waals surface area (Å²) < 4.78 is 5.93. The first-order chi connectivity index (χ1) is 8.81. The fourth-order valence-electron chi connectivity index (χ4n) is 1.65. The smallest absolute Gasteiger partial charge is 0.221 e. The van der Waals surface area contributed by atoms with Gasteiger partial charge in [-0.05, 0) is 39.3 Å². The van der Waals surface area contributed by atoms with E-state index < -0.39 is 0 Å². The number of halogens is 1. The van der Waals surface area contributed by atoms with E-state index >= 15 is 0 Å². The molecule has 5 heteroatoms. The van der Waals surface area contributed by atoms with Crippen LogP contribution in [-0.4, -0.2) is 18.1 Å². The Balaban J connectivity index is 0.00000361. The lowest BCUT2D eigenvalue weighted by atomic mass is 10.1. The number of rotatable bonds is 5. The third-order valence-electron chi connectivity index (χ3n) is 2.49. The molecule has 0 saturated heterocycles. The van der Waals surface area contributed by atoms with Crippen molar-refractivity contribution in [1.82, 2.24) is 5.32 Å². The standard InChI is InChI=1S/C15H24N2O2.ClH/c1-11-5-6-12(10-17-14(18)7-8-16)13(9-11)19-15(2,3)4;/h5-6,9H,7-8,10,16H2,1-4H3,(H,17,18);1H. The second-order valence-corrected chi connectivity index (χ2v) is 5.64. The quantitative estimate of drug-likeness (QED) is 0.878. The lowest BCUT2D eigenvalue weighted by Gasteiger charge is -2.23. The molecule has 3 N–H and O–H groups in total. The maximum absolute atomic E-state index is 11.4. The molecule has 0 bridgehead atoms. The van der Waals surface area contributed by atoms with Gasteiger partial charge in [0.25, 0.3) is 0 Å². The Morgan fingerprint density at radius 3 is 2.55 bits per heavy atom. The molecule has 1 aromatic carbocycles. The predicted molar refractivity (Wildman–Crippen MR) is 84.3 cm³/mol. The second kappa shape index (κ2) is 8.12. The number of hydrogen-bond donors (Lipinski definition) is 2. The van der Waals surface area contributed by atoms with Crippen molar-refractivity contribution in [3.05, 3.63) is 29.3 Å². The summed E-state index contributed by atoms with van der Waals surface area (Å²) in [4.78, 5) is 11.4. The molecule has 0 aliphatic carbocycles. The highest BCUT2D eigenvalue weighted by atomic mass is 35.5. The first-order valence-corrected chi connectivity index (χ1v) is 6.57. The van der Waals surface area contributed by atoms with Crippen molar-refractivity contribution in [2.75, 3.05) is 6.54 Å². The zero-order valence-corrected chi connectivity index (χ0v) is 13.5.